The van der Waals surface area contributed by atoms with Crippen LogP contribution in [0.5, 0.6) is 0 Å². The zero-order valence-corrected chi connectivity index (χ0v) is 21.6. The summed E-state index contributed by atoms with van der Waals surface area (Å²) >= 11 is 3.98. The van der Waals surface area contributed by atoms with Gasteiger partial charge >= 0.3 is 0 Å². The number of hydrogen-bond donors (Lipinski definition) is 1. The Morgan fingerprint density at radius 3 is 1.97 bits per heavy atom. The first-order valence-corrected chi connectivity index (χ1v) is 13.2. The third kappa shape index (κ3) is 9.07. The molecule has 0 heterocycles. The van der Waals surface area contributed by atoms with Crippen molar-refractivity contribution in [3.63, 3.8) is 0 Å². The Kier molecular flexibility index (Phi) is 12.7. The van der Waals surface area contributed by atoms with Gasteiger partial charge in [-0.1, -0.05) is 135 Å². The average molecular weight is 502 g/mol. The smallest absolute Gasteiger partial charge is 0.251 e. The fraction of sp³-hybridized carbons (Fsp3) is 0.536. The van der Waals surface area contributed by atoms with E-state index in [0.29, 0.717) is 6.54 Å². The fourth-order valence-electron chi connectivity index (χ4n) is 4.03. The van der Waals surface area contributed by atoms with Crippen LogP contribution in [-0.4, -0.2) is 21.8 Å². The predicted octanol–water partition coefficient (Wildman–Crippen LogP) is 7.45. The number of amides is 1. The van der Waals surface area contributed by atoms with Gasteiger partial charge in [0.05, 0.1) is 0 Å². The highest BCUT2D eigenvalue weighted by molar-refractivity contribution is 9.10. The minimum Gasteiger partial charge on any atom is -0.350 e. The maximum atomic E-state index is 13.6. The maximum absolute atomic E-state index is 13.6. The van der Waals surface area contributed by atoms with Gasteiger partial charge in [-0.05, 0) is 24.0 Å². The largest absolute Gasteiger partial charge is 0.350 e. The fourth-order valence-corrected chi connectivity index (χ4v) is 4.75. The van der Waals surface area contributed by atoms with Crippen LogP contribution in [-0.2, 0) is 17.9 Å². The van der Waals surface area contributed by atoms with E-state index < -0.39 is 4.45 Å². The second-order valence-electron chi connectivity index (χ2n) is 8.71. The molecular formula is C28H41BrN2O. The number of carbonyl (C=O) groups excluding carboxylic acids is 1. The summed E-state index contributed by atoms with van der Waals surface area (Å²) in [6.45, 7) is 6.69. The van der Waals surface area contributed by atoms with Crippen molar-refractivity contribution in [1.82, 2.24) is 10.2 Å². The monoisotopic (exact) mass is 500 g/mol. The van der Waals surface area contributed by atoms with E-state index in [1.807, 2.05) is 24.3 Å². The van der Waals surface area contributed by atoms with Crippen LogP contribution in [0.15, 0.2) is 60.7 Å². The molecule has 1 amide bonds. The lowest BCUT2D eigenvalue weighted by Gasteiger charge is -2.39. The van der Waals surface area contributed by atoms with Crippen molar-refractivity contribution < 1.29 is 4.79 Å². The van der Waals surface area contributed by atoms with Crippen LogP contribution in [0.4, 0.5) is 0 Å². The van der Waals surface area contributed by atoms with Gasteiger partial charge in [0, 0.05) is 19.6 Å². The van der Waals surface area contributed by atoms with Gasteiger partial charge in [0.1, 0.15) is 0 Å². The molecule has 1 unspecified atom stereocenters. The zero-order valence-electron chi connectivity index (χ0n) is 20.0. The first kappa shape index (κ1) is 26.6. The summed E-state index contributed by atoms with van der Waals surface area (Å²) in [6.07, 6.45) is 10.2. The first-order valence-electron chi connectivity index (χ1n) is 12.4. The molecule has 3 nitrogen and oxygen atoms in total. The van der Waals surface area contributed by atoms with E-state index in [4.69, 9.17) is 0 Å². The van der Waals surface area contributed by atoms with E-state index >= 15 is 0 Å². The molecule has 0 fully saturated rings. The number of unbranched alkanes of at least 4 members (excludes halogenated alkanes) is 6. The highest BCUT2D eigenvalue weighted by Crippen LogP contribution is 2.33. The molecule has 0 aliphatic heterocycles. The van der Waals surface area contributed by atoms with Crippen molar-refractivity contribution in [3.05, 3.63) is 71.8 Å². The van der Waals surface area contributed by atoms with Gasteiger partial charge in [-0.25, -0.2) is 0 Å². The Morgan fingerprint density at radius 2 is 1.38 bits per heavy atom. The number of hydrogen-bond acceptors (Lipinski definition) is 2. The van der Waals surface area contributed by atoms with Crippen LogP contribution in [0.3, 0.4) is 0 Å². The molecule has 0 saturated heterocycles. The molecule has 32 heavy (non-hydrogen) atoms. The summed E-state index contributed by atoms with van der Waals surface area (Å²) in [7, 11) is 0. The number of halogens is 1. The predicted molar refractivity (Wildman–Crippen MR) is 140 cm³/mol. The number of benzene rings is 2. The van der Waals surface area contributed by atoms with Crippen LogP contribution in [0.1, 0.15) is 82.8 Å². The van der Waals surface area contributed by atoms with E-state index in [2.05, 4.69) is 76.4 Å². The van der Waals surface area contributed by atoms with Gasteiger partial charge in [0.2, 0.25) is 0 Å². The second-order valence-corrected chi connectivity index (χ2v) is 10.0. The lowest BCUT2D eigenvalue weighted by molar-refractivity contribution is -0.128. The molecule has 2 aromatic carbocycles. The Morgan fingerprint density at radius 1 is 0.812 bits per heavy atom. The van der Waals surface area contributed by atoms with Gasteiger partial charge in [-0.2, -0.15) is 0 Å². The van der Waals surface area contributed by atoms with Crippen LogP contribution >= 0.6 is 15.9 Å². The molecule has 4 heteroatoms. The number of carbonyl (C=O) groups is 1. The van der Waals surface area contributed by atoms with E-state index in [0.717, 1.165) is 44.3 Å². The van der Waals surface area contributed by atoms with Gasteiger partial charge < -0.3 is 5.32 Å². The third-order valence-electron chi connectivity index (χ3n) is 6.00. The molecule has 176 valence electrons. The lowest BCUT2D eigenvalue weighted by atomic mass is 10.0. The van der Waals surface area contributed by atoms with Crippen LogP contribution < -0.4 is 5.32 Å². The van der Waals surface area contributed by atoms with E-state index in [-0.39, 0.29) is 5.91 Å². The lowest BCUT2D eigenvalue weighted by Crippen LogP contribution is -2.54. The first-order chi connectivity index (χ1) is 15.6. The average Bonchev–Trinajstić information content (AvgIpc) is 2.83. The standard InChI is InChI=1S/C28H41BrN2O/c1-3-5-7-15-21-28(29,27(32)30-23-25-17-11-9-12-18-25)31(22-16-8-6-4-2)24-26-19-13-10-14-20-26/h9-14,17-20H,3-8,15-16,21-24H2,1-2H3,(H,30,32). The second kappa shape index (κ2) is 15.2. The highest BCUT2D eigenvalue weighted by Gasteiger charge is 2.40. The summed E-state index contributed by atoms with van der Waals surface area (Å²) in [5, 5.41) is 3.22. The van der Waals surface area contributed by atoms with E-state index in [9.17, 15) is 4.79 Å². The molecule has 0 aliphatic rings. The normalized spacial score (nSPS) is 13.1. The Bertz CT molecular complexity index is 753. The molecule has 0 spiro atoms. The minimum atomic E-state index is -0.697. The SMILES string of the molecule is CCCCCCN(Cc1ccccc1)C(Br)(CCCCCC)C(=O)NCc1ccccc1. The zero-order chi connectivity index (χ0) is 23.1. The third-order valence-corrected chi connectivity index (χ3v) is 7.26. The molecule has 0 aliphatic carbocycles. The van der Waals surface area contributed by atoms with Crippen molar-refractivity contribution in [3.8, 4) is 0 Å². The summed E-state index contributed by atoms with van der Waals surface area (Å²) in [5.41, 5.74) is 2.37. The molecule has 2 rings (SSSR count). The summed E-state index contributed by atoms with van der Waals surface area (Å²) in [4.78, 5) is 16.0. The number of alkyl halides is 1. The van der Waals surface area contributed by atoms with Gasteiger partial charge in [-0.3, -0.25) is 9.69 Å². The van der Waals surface area contributed by atoms with Gasteiger partial charge in [0.25, 0.3) is 5.91 Å². The molecule has 2 aromatic rings. The van der Waals surface area contributed by atoms with Crippen LogP contribution in [0.2, 0.25) is 0 Å². The molecule has 0 saturated carbocycles. The molecule has 1 atom stereocenters. The quantitative estimate of drug-likeness (QED) is 0.147. The number of nitrogens with zero attached hydrogens (tertiary/aromatic N) is 1. The Labute approximate surface area is 204 Å². The highest BCUT2D eigenvalue weighted by atomic mass is 79.9. The van der Waals surface area contributed by atoms with Crippen molar-refractivity contribution in [2.75, 3.05) is 6.54 Å². The number of nitrogens with one attached hydrogen (secondary N) is 1. The van der Waals surface area contributed by atoms with Crippen molar-refractivity contribution in [2.24, 2.45) is 0 Å². The Balaban J connectivity index is 2.19. The Hall–Kier alpha value is -1.65. The molecule has 0 aromatic heterocycles. The van der Waals surface area contributed by atoms with Crippen molar-refractivity contribution in [1.29, 1.82) is 0 Å². The van der Waals surface area contributed by atoms with Crippen LogP contribution in [0, 0.1) is 0 Å². The van der Waals surface area contributed by atoms with E-state index in [1.165, 1.54) is 37.7 Å². The van der Waals surface area contributed by atoms with Gasteiger partial charge in [0.15, 0.2) is 4.45 Å². The summed E-state index contributed by atoms with van der Waals surface area (Å²) in [5.74, 6) is 0.0734. The van der Waals surface area contributed by atoms with Crippen LogP contribution in [0.25, 0.3) is 0 Å². The van der Waals surface area contributed by atoms with E-state index in [1.54, 1.807) is 0 Å². The maximum Gasteiger partial charge on any atom is 0.251 e. The number of rotatable bonds is 16. The molecule has 0 bridgehead atoms. The molecular weight excluding hydrogens is 460 g/mol. The summed E-state index contributed by atoms with van der Waals surface area (Å²) < 4.78 is -0.697. The molecule has 0 radical (unpaired) electrons. The summed E-state index contributed by atoms with van der Waals surface area (Å²) in [6, 6.07) is 20.7. The van der Waals surface area contributed by atoms with Crippen molar-refractivity contribution >= 4 is 21.8 Å². The minimum absolute atomic E-state index is 0.0734. The van der Waals surface area contributed by atoms with Crippen molar-refractivity contribution in [2.45, 2.75) is 89.2 Å². The topological polar surface area (TPSA) is 32.3 Å². The molecule has 1 N–H and O–H groups in total. The van der Waals surface area contributed by atoms with Gasteiger partial charge in [-0.15, -0.1) is 0 Å².